The predicted octanol–water partition coefficient (Wildman–Crippen LogP) is 1.17. The normalized spacial score (nSPS) is 17.9. The molecule has 0 spiro atoms. The fourth-order valence-electron chi connectivity index (χ4n) is 2.63. The average molecular weight is 279 g/mol. The number of amides is 1. The standard InChI is InChI=1S/C14H25N5O/c1-10(7-8-15)14(20)16-11(2)13-18-17-12-6-4-3-5-9-19(12)13/h10-11H,3-9,15H2,1-2H3,(H,16,20). The number of rotatable bonds is 5. The van der Waals surface area contributed by atoms with Crippen molar-refractivity contribution in [2.24, 2.45) is 11.7 Å². The van der Waals surface area contributed by atoms with E-state index in [2.05, 4.69) is 20.1 Å². The summed E-state index contributed by atoms with van der Waals surface area (Å²) in [6, 6.07) is -0.109. The van der Waals surface area contributed by atoms with Crippen LogP contribution in [-0.2, 0) is 17.8 Å². The minimum atomic E-state index is -0.109. The van der Waals surface area contributed by atoms with Gasteiger partial charge in [0.1, 0.15) is 5.82 Å². The maximum atomic E-state index is 12.1. The summed E-state index contributed by atoms with van der Waals surface area (Å²) in [5.41, 5.74) is 5.49. The first-order chi connectivity index (χ1) is 9.63. The minimum Gasteiger partial charge on any atom is -0.346 e. The molecule has 2 unspecified atom stereocenters. The molecule has 2 heterocycles. The molecule has 0 bridgehead atoms. The molecular weight excluding hydrogens is 254 g/mol. The summed E-state index contributed by atoms with van der Waals surface area (Å²) in [6.45, 7) is 5.36. The first kappa shape index (κ1) is 15.0. The Labute approximate surface area is 120 Å². The van der Waals surface area contributed by atoms with E-state index in [1.54, 1.807) is 0 Å². The lowest BCUT2D eigenvalue weighted by Crippen LogP contribution is -2.33. The number of nitrogens with two attached hydrogens (primary N) is 1. The summed E-state index contributed by atoms with van der Waals surface area (Å²) in [5, 5.41) is 11.6. The van der Waals surface area contributed by atoms with Crippen molar-refractivity contribution < 1.29 is 4.79 Å². The zero-order valence-electron chi connectivity index (χ0n) is 12.4. The summed E-state index contributed by atoms with van der Waals surface area (Å²) in [6.07, 6.45) is 5.25. The smallest absolute Gasteiger partial charge is 0.223 e. The maximum Gasteiger partial charge on any atom is 0.223 e. The Morgan fingerprint density at radius 3 is 2.90 bits per heavy atom. The molecule has 0 aliphatic carbocycles. The molecule has 0 aromatic carbocycles. The van der Waals surface area contributed by atoms with Crippen LogP contribution in [0.5, 0.6) is 0 Å². The average Bonchev–Trinajstić information content (AvgIpc) is 2.68. The van der Waals surface area contributed by atoms with Crippen LogP contribution in [-0.4, -0.2) is 27.2 Å². The quantitative estimate of drug-likeness (QED) is 0.847. The Hall–Kier alpha value is -1.43. The van der Waals surface area contributed by atoms with E-state index in [9.17, 15) is 4.79 Å². The van der Waals surface area contributed by atoms with Crippen LogP contribution in [0.15, 0.2) is 0 Å². The lowest BCUT2D eigenvalue weighted by atomic mass is 10.1. The Morgan fingerprint density at radius 1 is 1.35 bits per heavy atom. The maximum absolute atomic E-state index is 12.1. The van der Waals surface area contributed by atoms with Crippen LogP contribution < -0.4 is 11.1 Å². The van der Waals surface area contributed by atoms with E-state index in [0.717, 1.165) is 31.0 Å². The second-order valence-electron chi connectivity index (χ2n) is 5.65. The van der Waals surface area contributed by atoms with Crippen molar-refractivity contribution in [3.63, 3.8) is 0 Å². The van der Waals surface area contributed by atoms with E-state index in [4.69, 9.17) is 5.73 Å². The number of nitrogens with one attached hydrogen (secondary N) is 1. The van der Waals surface area contributed by atoms with E-state index in [1.165, 1.54) is 12.8 Å². The van der Waals surface area contributed by atoms with E-state index < -0.39 is 0 Å². The molecule has 0 saturated heterocycles. The van der Waals surface area contributed by atoms with Crippen molar-refractivity contribution in [2.45, 2.75) is 58.5 Å². The molecule has 20 heavy (non-hydrogen) atoms. The van der Waals surface area contributed by atoms with Gasteiger partial charge in [0.05, 0.1) is 6.04 Å². The van der Waals surface area contributed by atoms with Crippen molar-refractivity contribution in [3.05, 3.63) is 11.6 Å². The van der Waals surface area contributed by atoms with Crippen molar-refractivity contribution in [3.8, 4) is 0 Å². The van der Waals surface area contributed by atoms with Crippen molar-refractivity contribution >= 4 is 5.91 Å². The van der Waals surface area contributed by atoms with Gasteiger partial charge in [0.15, 0.2) is 5.82 Å². The highest BCUT2D eigenvalue weighted by molar-refractivity contribution is 5.78. The minimum absolute atomic E-state index is 0.0360. The van der Waals surface area contributed by atoms with E-state index in [1.807, 2.05) is 13.8 Å². The lowest BCUT2D eigenvalue weighted by molar-refractivity contribution is -0.125. The Bertz CT molecular complexity index is 456. The second-order valence-corrected chi connectivity index (χ2v) is 5.65. The molecule has 1 aliphatic rings. The molecule has 6 heteroatoms. The van der Waals surface area contributed by atoms with Gasteiger partial charge in [-0.2, -0.15) is 0 Å². The SMILES string of the molecule is CC(CCN)C(=O)NC(C)c1nnc2n1CCCCC2. The number of aromatic nitrogens is 3. The Balaban J connectivity index is 2.04. The monoisotopic (exact) mass is 279 g/mol. The third kappa shape index (κ3) is 3.36. The molecule has 1 aliphatic heterocycles. The van der Waals surface area contributed by atoms with Gasteiger partial charge in [-0.15, -0.1) is 10.2 Å². The van der Waals surface area contributed by atoms with Crippen LogP contribution in [0.4, 0.5) is 0 Å². The van der Waals surface area contributed by atoms with Crippen LogP contribution in [0.1, 0.15) is 57.2 Å². The van der Waals surface area contributed by atoms with Crippen LogP contribution in [0, 0.1) is 5.92 Å². The van der Waals surface area contributed by atoms with Gasteiger partial charge in [0, 0.05) is 18.9 Å². The summed E-state index contributed by atoms with van der Waals surface area (Å²) in [4.78, 5) is 12.1. The number of aryl methyl sites for hydroxylation is 1. The van der Waals surface area contributed by atoms with Gasteiger partial charge in [0.25, 0.3) is 0 Å². The number of carbonyl (C=O) groups excluding carboxylic acids is 1. The van der Waals surface area contributed by atoms with E-state index >= 15 is 0 Å². The Kier molecular flexibility index (Phi) is 5.11. The third-order valence-electron chi connectivity index (χ3n) is 3.93. The summed E-state index contributed by atoms with van der Waals surface area (Å²) < 4.78 is 2.17. The largest absolute Gasteiger partial charge is 0.346 e. The number of carbonyl (C=O) groups is 1. The fourth-order valence-corrected chi connectivity index (χ4v) is 2.63. The summed E-state index contributed by atoms with van der Waals surface area (Å²) in [5.74, 6) is 1.90. The number of hydrogen-bond donors (Lipinski definition) is 2. The van der Waals surface area contributed by atoms with Gasteiger partial charge in [-0.25, -0.2) is 0 Å². The molecule has 1 amide bonds. The van der Waals surface area contributed by atoms with E-state index in [0.29, 0.717) is 13.0 Å². The molecule has 112 valence electrons. The highest BCUT2D eigenvalue weighted by Gasteiger charge is 2.22. The number of nitrogens with zero attached hydrogens (tertiary/aromatic N) is 3. The van der Waals surface area contributed by atoms with Gasteiger partial charge >= 0.3 is 0 Å². The van der Waals surface area contributed by atoms with Gasteiger partial charge in [-0.05, 0) is 32.7 Å². The molecule has 1 aromatic rings. The van der Waals surface area contributed by atoms with Crippen LogP contribution in [0.3, 0.4) is 0 Å². The number of fused-ring (bicyclic) bond motifs is 1. The topological polar surface area (TPSA) is 85.8 Å². The number of hydrogen-bond acceptors (Lipinski definition) is 4. The first-order valence-electron chi connectivity index (χ1n) is 7.56. The predicted molar refractivity (Wildman–Crippen MR) is 77.0 cm³/mol. The Morgan fingerprint density at radius 2 is 2.15 bits per heavy atom. The zero-order chi connectivity index (χ0) is 14.5. The highest BCUT2D eigenvalue weighted by Crippen LogP contribution is 2.19. The molecule has 3 N–H and O–H groups in total. The lowest BCUT2D eigenvalue weighted by Gasteiger charge is -2.17. The molecule has 2 atom stereocenters. The van der Waals surface area contributed by atoms with Crippen LogP contribution in [0.2, 0.25) is 0 Å². The summed E-state index contributed by atoms with van der Waals surface area (Å²) >= 11 is 0. The first-order valence-corrected chi connectivity index (χ1v) is 7.56. The third-order valence-corrected chi connectivity index (χ3v) is 3.93. The van der Waals surface area contributed by atoms with Crippen molar-refractivity contribution in [2.75, 3.05) is 6.54 Å². The van der Waals surface area contributed by atoms with E-state index in [-0.39, 0.29) is 17.9 Å². The molecule has 2 rings (SSSR count). The van der Waals surface area contributed by atoms with Gasteiger partial charge in [-0.1, -0.05) is 13.3 Å². The molecule has 0 radical (unpaired) electrons. The summed E-state index contributed by atoms with van der Waals surface area (Å²) in [7, 11) is 0. The van der Waals surface area contributed by atoms with Crippen molar-refractivity contribution in [1.82, 2.24) is 20.1 Å². The molecule has 0 fully saturated rings. The van der Waals surface area contributed by atoms with Crippen LogP contribution >= 0.6 is 0 Å². The van der Waals surface area contributed by atoms with Gasteiger partial charge in [0.2, 0.25) is 5.91 Å². The van der Waals surface area contributed by atoms with Crippen LogP contribution in [0.25, 0.3) is 0 Å². The molecular formula is C14H25N5O. The van der Waals surface area contributed by atoms with Crippen molar-refractivity contribution in [1.29, 1.82) is 0 Å². The van der Waals surface area contributed by atoms with Gasteiger partial charge in [-0.3, -0.25) is 4.79 Å². The highest BCUT2D eigenvalue weighted by atomic mass is 16.1. The molecule has 0 saturated carbocycles. The van der Waals surface area contributed by atoms with Gasteiger partial charge < -0.3 is 15.6 Å². The molecule has 1 aromatic heterocycles. The molecule has 6 nitrogen and oxygen atoms in total. The second kappa shape index (κ2) is 6.83. The fraction of sp³-hybridized carbons (Fsp3) is 0.786. The zero-order valence-corrected chi connectivity index (χ0v) is 12.4.